The molecule has 5 atom stereocenters. The predicted octanol–water partition coefficient (Wildman–Crippen LogP) is 3.59. The third kappa shape index (κ3) is 15.6. The van der Waals surface area contributed by atoms with Crippen LogP contribution in [0.5, 0.6) is 0 Å². The van der Waals surface area contributed by atoms with Crippen molar-refractivity contribution in [2.24, 2.45) is 0 Å². The number of carbonyl (C=O) groups is 1. The van der Waals surface area contributed by atoms with Crippen LogP contribution in [0.25, 0.3) is 0 Å². The summed E-state index contributed by atoms with van der Waals surface area (Å²) in [5.41, 5.74) is 0. The minimum atomic E-state index is -2.72. The number of alkyl carbamates (subject to hydrolysis) is 1. The van der Waals surface area contributed by atoms with E-state index < -0.39 is 46.3 Å². The van der Waals surface area contributed by atoms with Gasteiger partial charge in [-0.05, 0) is 61.8 Å². The van der Waals surface area contributed by atoms with Crippen LogP contribution < -0.4 is 5.32 Å². The van der Waals surface area contributed by atoms with Gasteiger partial charge in [-0.1, -0.05) is 0 Å². The minimum Gasteiger partial charge on any atom is -0.420 e. The van der Waals surface area contributed by atoms with Crippen LogP contribution in [-0.2, 0) is 41.7 Å². The molecule has 0 aromatic heterocycles. The van der Waals surface area contributed by atoms with Crippen molar-refractivity contribution in [2.45, 2.75) is 99.3 Å². The molecule has 0 saturated carbocycles. The van der Waals surface area contributed by atoms with E-state index in [9.17, 15) is 4.79 Å². The predicted molar refractivity (Wildman–Crippen MR) is 123 cm³/mol. The summed E-state index contributed by atoms with van der Waals surface area (Å²) in [6, 6.07) is 0.600. The zero-order chi connectivity index (χ0) is 25.3. The van der Waals surface area contributed by atoms with Crippen molar-refractivity contribution in [3.63, 3.8) is 0 Å². The maximum absolute atomic E-state index is 12.0. The topological polar surface area (TPSA) is 112 Å². The molecule has 0 fully saturated rings. The van der Waals surface area contributed by atoms with Crippen LogP contribution in [0.15, 0.2) is 0 Å². The first-order chi connectivity index (χ1) is 15.6. The highest BCUT2D eigenvalue weighted by atomic mass is 28.4. The lowest BCUT2D eigenvalue weighted by Crippen LogP contribution is -2.46. The highest BCUT2D eigenvalue weighted by Gasteiger charge is 2.39. The molecule has 0 rings (SSSR count). The van der Waals surface area contributed by atoms with Crippen LogP contribution >= 0.6 is 0 Å². The van der Waals surface area contributed by atoms with E-state index in [-0.39, 0.29) is 0 Å². The molecule has 11 nitrogen and oxygen atoms in total. The lowest BCUT2D eigenvalue weighted by molar-refractivity contribution is -0.316. The van der Waals surface area contributed by atoms with Gasteiger partial charge >= 0.3 is 14.9 Å². The van der Waals surface area contributed by atoms with Crippen molar-refractivity contribution in [1.82, 2.24) is 5.32 Å². The Morgan fingerprint density at radius 1 is 0.727 bits per heavy atom. The van der Waals surface area contributed by atoms with Gasteiger partial charge in [0.1, 0.15) is 0 Å². The Kier molecular flexibility index (Phi) is 18.0. The second-order valence-electron chi connectivity index (χ2n) is 7.04. The summed E-state index contributed by atoms with van der Waals surface area (Å²) in [5.74, 6) is 0. The van der Waals surface area contributed by atoms with E-state index in [0.717, 1.165) is 0 Å². The Bertz CT molecular complexity index is 485. The Labute approximate surface area is 200 Å². The van der Waals surface area contributed by atoms with Crippen LogP contribution in [0.3, 0.4) is 0 Å². The first-order valence-corrected chi connectivity index (χ1v) is 13.5. The maximum Gasteiger partial charge on any atom is 0.500 e. The van der Waals surface area contributed by atoms with E-state index in [2.05, 4.69) is 5.32 Å². The Balaban J connectivity index is 4.25. The summed E-state index contributed by atoms with van der Waals surface area (Å²) in [7, 11) is -1.18. The van der Waals surface area contributed by atoms with Gasteiger partial charge in [0.2, 0.25) is 6.29 Å². The van der Waals surface area contributed by atoms with Gasteiger partial charge in [0.05, 0.1) is 0 Å². The number of ether oxygens (including phenoxy) is 6. The van der Waals surface area contributed by atoms with Crippen LogP contribution in [0.2, 0.25) is 6.04 Å². The largest absolute Gasteiger partial charge is 0.500 e. The van der Waals surface area contributed by atoms with Crippen molar-refractivity contribution < 1.29 is 46.5 Å². The zero-order valence-electron chi connectivity index (χ0n) is 21.7. The maximum atomic E-state index is 12.0. The Morgan fingerprint density at radius 3 is 1.58 bits per heavy atom. The molecular formula is C21H45NO10Si. The number of amides is 1. The number of rotatable bonds is 20. The zero-order valence-corrected chi connectivity index (χ0v) is 22.7. The van der Waals surface area contributed by atoms with Crippen molar-refractivity contribution in [3.05, 3.63) is 0 Å². The number of carbonyl (C=O) groups excluding carboxylic acids is 1. The van der Waals surface area contributed by atoms with Gasteiger partial charge in [-0.25, -0.2) is 4.79 Å². The lowest BCUT2D eigenvalue weighted by atomic mass is 10.5. The molecule has 5 unspecified atom stereocenters. The number of nitrogens with one attached hydrogen (secondary N) is 1. The molecule has 0 aliphatic rings. The fraction of sp³-hybridized carbons (Fsp3) is 0.952. The van der Waals surface area contributed by atoms with Gasteiger partial charge in [-0.3, -0.25) is 0 Å². The Hall–Kier alpha value is -0.833. The van der Waals surface area contributed by atoms with Crippen LogP contribution in [0.4, 0.5) is 4.79 Å². The smallest absolute Gasteiger partial charge is 0.420 e. The highest BCUT2D eigenvalue weighted by Crippen LogP contribution is 2.18. The molecule has 0 spiro atoms. The quantitative estimate of drug-likeness (QED) is 0.151. The van der Waals surface area contributed by atoms with Crippen LogP contribution in [0.1, 0.15) is 61.8 Å². The fourth-order valence-corrected chi connectivity index (χ4v) is 5.56. The van der Waals surface area contributed by atoms with E-state index in [0.29, 0.717) is 38.8 Å². The summed E-state index contributed by atoms with van der Waals surface area (Å²) in [6.45, 7) is 16.1. The van der Waals surface area contributed by atoms with E-state index in [1.807, 2.05) is 20.8 Å². The summed E-state index contributed by atoms with van der Waals surface area (Å²) in [6.07, 6.45) is -2.99. The van der Waals surface area contributed by atoms with Gasteiger partial charge in [0.25, 0.3) is 0 Å². The van der Waals surface area contributed by atoms with Crippen molar-refractivity contribution >= 4 is 14.9 Å². The van der Waals surface area contributed by atoms with Gasteiger partial charge in [-0.15, -0.1) is 0 Å². The van der Waals surface area contributed by atoms with E-state index in [4.69, 9.17) is 41.7 Å². The molecule has 0 radical (unpaired) electrons. The standard InChI is InChI=1S/C21H45NO10Si/c1-10-25-33(26-11-2,27-12-3)15-13-14-22-21(23)32-20(8)31-19(7)30-18(6)29-17(5)28-16(4)24-9/h16-20H,10-15H2,1-9H3,(H,22,23). The summed E-state index contributed by atoms with van der Waals surface area (Å²) in [4.78, 5) is 12.0. The number of methoxy groups -OCH3 is 1. The second-order valence-corrected chi connectivity index (χ2v) is 9.77. The Morgan fingerprint density at radius 2 is 1.15 bits per heavy atom. The fourth-order valence-electron chi connectivity index (χ4n) is 2.95. The van der Waals surface area contributed by atoms with Crippen LogP contribution in [0, 0.1) is 0 Å². The third-order valence-electron chi connectivity index (χ3n) is 4.16. The normalized spacial score (nSPS) is 16.6. The van der Waals surface area contributed by atoms with Gasteiger partial charge < -0.3 is 47.0 Å². The van der Waals surface area contributed by atoms with E-state index in [1.54, 1.807) is 41.7 Å². The molecule has 0 saturated heterocycles. The van der Waals surface area contributed by atoms with Gasteiger partial charge in [-0.2, -0.15) is 0 Å². The summed E-state index contributed by atoms with van der Waals surface area (Å²) >= 11 is 0. The molecule has 0 aromatic carbocycles. The minimum absolute atomic E-state index is 0.391. The molecule has 0 aromatic rings. The number of hydrogen-bond acceptors (Lipinski definition) is 10. The second kappa shape index (κ2) is 18.5. The SMILES string of the molecule is CCO[Si](CCCNC(=O)OC(C)OC(C)OC(C)OC(C)OC(C)OC)(OCC)OCC. The monoisotopic (exact) mass is 499 g/mol. The van der Waals surface area contributed by atoms with Crippen LogP contribution in [-0.4, -0.2) is 79.8 Å². The van der Waals surface area contributed by atoms with Crippen molar-refractivity contribution in [2.75, 3.05) is 33.5 Å². The van der Waals surface area contributed by atoms with Crippen molar-refractivity contribution in [1.29, 1.82) is 0 Å². The van der Waals surface area contributed by atoms with E-state index >= 15 is 0 Å². The summed E-state index contributed by atoms with van der Waals surface area (Å²) in [5, 5.41) is 2.70. The first-order valence-electron chi connectivity index (χ1n) is 11.6. The average molecular weight is 500 g/mol. The highest BCUT2D eigenvalue weighted by molar-refractivity contribution is 6.60. The molecule has 12 heteroatoms. The molecule has 0 heterocycles. The van der Waals surface area contributed by atoms with E-state index in [1.165, 1.54) is 0 Å². The van der Waals surface area contributed by atoms with Crippen molar-refractivity contribution in [3.8, 4) is 0 Å². The molecule has 198 valence electrons. The molecule has 1 N–H and O–H groups in total. The molecule has 33 heavy (non-hydrogen) atoms. The molecular weight excluding hydrogens is 454 g/mol. The summed E-state index contributed by atoms with van der Waals surface area (Å²) < 4.78 is 49.7. The lowest BCUT2D eigenvalue weighted by Gasteiger charge is -2.28. The molecule has 1 amide bonds. The molecule has 0 aliphatic heterocycles. The first kappa shape index (κ1) is 32.2. The molecule has 0 bridgehead atoms. The van der Waals surface area contributed by atoms with Gasteiger partial charge in [0.15, 0.2) is 25.2 Å². The third-order valence-corrected chi connectivity index (χ3v) is 7.31. The molecule has 0 aliphatic carbocycles. The number of hydrogen-bond donors (Lipinski definition) is 1. The average Bonchev–Trinajstić information content (AvgIpc) is 2.71. The van der Waals surface area contributed by atoms with Gasteiger partial charge in [0, 0.05) is 39.5 Å².